The normalized spacial score (nSPS) is 19.3. The molecule has 0 aromatic heterocycles. The maximum Gasteiger partial charge on any atom is 0.412 e. The number of ether oxygens (including phenoxy) is 1. The van der Waals surface area contributed by atoms with Crippen molar-refractivity contribution < 1.29 is 14.6 Å². The van der Waals surface area contributed by atoms with Crippen LogP contribution in [-0.4, -0.2) is 27.9 Å². The molecule has 0 spiro atoms. The number of aliphatic hydroxyl groups excluding tert-OH is 1. The van der Waals surface area contributed by atoms with E-state index in [1.165, 1.54) is 4.90 Å². The summed E-state index contributed by atoms with van der Waals surface area (Å²) < 4.78 is 5.29. The second kappa shape index (κ2) is 4.61. The van der Waals surface area contributed by atoms with Crippen LogP contribution in [0.1, 0.15) is 31.9 Å². The van der Waals surface area contributed by atoms with E-state index in [-0.39, 0.29) is 0 Å². The van der Waals surface area contributed by atoms with Gasteiger partial charge in [-0.3, -0.25) is 4.90 Å². The van der Waals surface area contributed by atoms with Crippen molar-refractivity contribution in [1.82, 2.24) is 4.90 Å². The minimum Gasteiger partial charge on any atom is -0.444 e. The highest BCUT2D eigenvalue weighted by molar-refractivity contribution is 5.69. The van der Waals surface area contributed by atoms with E-state index in [1.807, 2.05) is 45.0 Å². The van der Waals surface area contributed by atoms with Gasteiger partial charge in [-0.1, -0.05) is 24.3 Å². The van der Waals surface area contributed by atoms with E-state index in [9.17, 15) is 9.90 Å². The third kappa shape index (κ3) is 2.82. The zero-order valence-electron chi connectivity index (χ0n) is 11.0. The first-order valence-corrected chi connectivity index (χ1v) is 6.11. The number of nitrogens with zero attached hydrogens (tertiary/aromatic N) is 1. The van der Waals surface area contributed by atoms with Gasteiger partial charge in [0, 0.05) is 6.42 Å². The van der Waals surface area contributed by atoms with Crippen LogP contribution in [0.25, 0.3) is 0 Å². The number of hydrogen-bond donors (Lipinski definition) is 1. The molecule has 0 saturated heterocycles. The molecule has 1 amide bonds. The monoisotopic (exact) mass is 249 g/mol. The third-order valence-corrected chi connectivity index (χ3v) is 2.85. The van der Waals surface area contributed by atoms with Crippen LogP contribution < -0.4 is 0 Å². The zero-order valence-corrected chi connectivity index (χ0v) is 11.0. The topological polar surface area (TPSA) is 49.8 Å². The Bertz CT molecular complexity index is 451. The highest BCUT2D eigenvalue weighted by atomic mass is 16.6. The van der Waals surface area contributed by atoms with E-state index in [2.05, 4.69) is 0 Å². The molecule has 1 aromatic carbocycles. The number of hydrogen-bond acceptors (Lipinski definition) is 3. The fraction of sp³-hybridized carbons (Fsp3) is 0.500. The first-order valence-electron chi connectivity index (χ1n) is 6.11. The minimum absolute atomic E-state index is 0.395. The molecule has 1 N–H and O–H groups in total. The second-order valence-electron chi connectivity index (χ2n) is 5.56. The van der Waals surface area contributed by atoms with Gasteiger partial charge in [0.1, 0.15) is 11.8 Å². The van der Waals surface area contributed by atoms with E-state index in [0.29, 0.717) is 13.0 Å². The summed E-state index contributed by atoms with van der Waals surface area (Å²) in [6.45, 7) is 5.84. The number of rotatable bonds is 0. The molecule has 1 aliphatic heterocycles. The first kappa shape index (κ1) is 12.9. The van der Waals surface area contributed by atoms with E-state index < -0.39 is 17.9 Å². The summed E-state index contributed by atoms with van der Waals surface area (Å²) in [5.74, 6) is 0. The Morgan fingerprint density at radius 1 is 1.33 bits per heavy atom. The van der Waals surface area contributed by atoms with Crippen LogP contribution in [-0.2, 0) is 17.7 Å². The van der Waals surface area contributed by atoms with Crippen molar-refractivity contribution in [1.29, 1.82) is 0 Å². The number of fused-ring (bicyclic) bond motifs is 1. The molecule has 1 unspecified atom stereocenters. The highest BCUT2D eigenvalue weighted by Crippen LogP contribution is 2.23. The highest BCUT2D eigenvalue weighted by Gasteiger charge is 2.31. The predicted octanol–water partition coefficient (Wildman–Crippen LogP) is 2.30. The SMILES string of the molecule is CC(C)(C)OC(=O)N1Cc2ccccc2CC1O. The Hall–Kier alpha value is -1.55. The molecule has 1 atom stereocenters. The lowest BCUT2D eigenvalue weighted by Crippen LogP contribution is -2.46. The van der Waals surface area contributed by atoms with Gasteiger partial charge in [0.15, 0.2) is 0 Å². The lowest BCUT2D eigenvalue weighted by atomic mass is 9.99. The summed E-state index contributed by atoms with van der Waals surface area (Å²) in [5.41, 5.74) is 1.60. The molecule has 18 heavy (non-hydrogen) atoms. The molecule has 98 valence electrons. The fourth-order valence-electron chi connectivity index (χ4n) is 2.01. The van der Waals surface area contributed by atoms with Crippen LogP contribution in [0.5, 0.6) is 0 Å². The van der Waals surface area contributed by atoms with Gasteiger partial charge >= 0.3 is 6.09 Å². The van der Waals surface area contributed by atoms with E-state index >= 15 is 0 Å². The van der Waals surface area contributed by atoms with E-state index in [1.54, 1.807) is 0 Å². The maximum atomic E-state index is 12.0. The number of aliphatic hydroxyl groups is 1. The molecule has 4 heteroatoms. The first-order chi connectivity index (χ1) is 8.37. The molecular weight excluding hydrogens is 230 g/mol. The molecule has 1 aliphatic rings. The Morgan fingerprint density at radius 2 is 1.94 bits per heavy atom. The van der Waals surface area contributed by atoms with Crippen molar-refractivity contribution in [3.05, 3.63) is 35.4 Å². The number of amides is 1. The van der Waals surface area contributed by atoms with Crippen LogP contribution in [0.2, 0.25) is 0 Å². The molecule has 4 nitrogen and oxygen atoms in total. The molecule has 2 rings (SSSR count). The van der Waals surface area contributed by atoms with Gasteiger partial charge in [-0.2, -0.15) is 0 Å². The molecule has 1 aromatic rings. The Morgan fingerprint density at radius 3 is 2.56 bits per heavy atom. The molecule has 0 aliphatic carbocycles. The predicted molar refractivity (Wildman–Crippen MR) is 67.9 cm³/mol. The van der Waals surface area contributed by atoms with E-state index in [0.717, 1.165) is 11.1 Å². The summed E-state index contributed by atoms with van der Waals surface area (Å²) in [4.78, 5) is 13.3. The van der Waals surface area contributed by atoms with Crippen LogP contribution in [0, 0.1) is 0 Å². The van der Waals surface area contributed by atoms with Crippen LogP contribution in [0.15, 0.2) is 24.3 Å². The molecule has 1 heterocycles. The molecule has 0 fully saturated rings. The fourth-order valence-corrected chi connectivity index (χ4v) is 2.01. The van der Waals surface area contributed by atoms with Crippen molar-refractivity contribution in [3.8, 4) is 0 Å². The number of carbonyl (C=O) groups is 1. The molecule has 0 radical (unpaired) electrons. The summed E-state index contributed by atoms with van der Waals surface area (Å²) in [6, 6.07) is 7.82. The quantitative estimate of drug-likeness (QED) is 0.767. The Kier molecular flexibility index (Phi) is 3.30. The van der Waals surface area contributed by atoms with Crippen molar-refractivity contribution in [3.63, 3.8) is 0 Å². The minimum atomic E-state index is -0.810. The maximum absolute atomic E-state index is 12.0. The summed E-state index contributed by atoms with van der Waals surface area (Å²) >= 11 is 0. The Labute approximate surface area is 107 Å². The van der Waals surface area contributed by atoms with Gasteiger partial charge in [-0.25, -0.2) is 4.79 Å². The number of benzene rings is 1. The Balaban J connectivity index is 2.14. The lowest BCUT2D eigenvalue weighted by Gasteiger charge is -2.34. The van der Waals surface area contributed by atoms with Crippen LogP contribution in [0.3, 0.4) is 0 Å². The van der Waals surface area contributed by atoms with Crippen molar-refractivity contribution in [2.24, 2.45) is 0 Å². The van der Waals surface area contributed by atoms with Crippen molar-refractivity contribution >= 4 is 6.09 Å². The molecule has 0 bridgehead atoms. The average Bonchev–Trinajstić information content (AvgIpc) is 2.25. The largest absolute Gasteiger partial charge is 0.444 e. The van der Waals surface area contributed by atoms with E-state index in [4.69, 9.17) is 4.74 Å². The third-order valence-electron chi connectivity index (χ3n) is 2.85. The smallest absolute Gasteiger partial charge is 0.412 e. The van der Waals surface area contributed by atoms with Crippen molar-refractivity contribution in [2.75, 3.05) is 0 Å². The van der Waals surface area contributed by atoms with Gasteiger partial charge in [0.05, 0.1) is 6.54 Å². The molecular formula is C14H19NO3. The van der Waals surface area contributed by atoms with Gasteiger partial charge in [0.25, 0.3) is 0 Å². The standard InChI is InChI=1S/C14H19NO3/c1-14(2,3)18-13(17)15-9-11-7-5-4-6-10(11)8-12(15)16/h4-7,12,16H,8-9H2,1-3H3. The second-order valence-corrected chi connectivity index (χ2v) is 5.56. The van der Waals surface area contributed by atoms with Gasteiger partial charge in [0.2, 0.25) is 0 Å². The van der Waals surface area contributed by atoms with Gasteiger partial charge in [-0.15, -0.1) is 0 Å². The number of carbonyl (C=O) groups excluding carboxylic acids is 1. The molecule has 0 saturated carbocycles. The summed E-state index contributed by atoms with van der Waals surface area (Å²) in [6.07, 6.45) is -0.825. The van der Waals surface area contributed by atoms with Gasteiger partial charge < -0.3 is 9.84 Å². The van der Waals surface area contributed by atoms with Crippen LogP contribution >= 0.6 is 0 Å². The summed E-state index contributed by atoms with van der Waals surface area (Å²) in [5, 5.41) is 10.0. The lowest BCUT2D eigenvalue weighted by molar-refractivity contribution is -0.0379. The van der Waals surface area contributed by atoms with Gasteiger partial charge in [-0.05, 0) is 31.9 Å². The van der Waals surface area contributed by atoms with Crippen LogP contribution in [0.4, 0.5) is 4.79 Å². The average molecular weight is 249 g/mol. The van der Waals surface area contributed by atoms with Crippen molar-refractivity contribution in [2.45, 2.75) is 45.6 Å². The summed E-state index contributed by atoms with van der Waals surface area (Å²) in [7, 11) is 0. The zero-order chi connectivity index (χ0) is 13.3.